The second-order valence-electron chi connectivity index (χ2n) is 7.94. The molecule has 0 aromatic rings. The van der Waals surface area contributed by atoms with E-state index in [0.717, 1.165) is 44.1 Å². The Morgan fingerprint density at radius 2 is 1.23 bits per heavy atom. The number of aliphatic hydroxyl groups is 2. The van der Waals surface area contributed by atoms with Gasteiger partial charge in [-0.2, -0.15) is 0 Å². The molecule has 3 aliphatic rings. The maximum Gasteiger partial charge on any atom is 0.0944 e. The highest BCUT2D eigenvalue weighted by molar-refractivity contribution is 6.18. The first-order valence-electron chi connectivity index (χ1n) is 8.97. The normalized spacial score (nSPS) is 38.9. The van der Waals surface area contributed by atoms with Gasteiger partial charge < -0.3 is 14.9 Å². The number of aliphatic hydroxyl groups excluding tert-OH is 2. The molecule has 0 aromatic carbocycles. The summed E-state index contributed by atoms with van der Waals surface area (Å²) in [6.07, 6.45) is 9.02. The van der Waals surface area contributed by atoms with Crippen LogP contribution in [0.15, 0.2) is 0 Å². The van der Waals surface area contributed by atoms with E-state index in [9.17, 15) is 10.2 Å². The molecular weight excluding hydrogens is 300 g/mol. The van der Waals surface area contributed by atoms with Crippen molar-refractivity contribution >= 4 is 11.6 Å². The highest BCUT2D eigenvalue weighted by Crippen LogP contribution is 2.48. The highest BCUT2D eigenvalue weighted by Gasteiger charge is 2.39. The third-order valence-corrected chi connectivity index (χ3v) is 6.42. The van der Waals surface area contributed by atoms with Crippen LogP contribution in [0.3, 0.4) is 0 Å². The van der Waals surface area contributed by atoms with Crippen LogP contribution in [0.5, 0.6) is 0 Å². The Bertz CT molecular complexity index is 290. The number of ether oxygens (including phenoxy) is 1. The Balaban J connectivity index is 0.000000299. The van der Waals surface area contributed by atoms with Crippen molar-refractivity contribution in [3.05, 3.63) is 0 Å². The smallest absolute Gasteiger partial charge is 0.0944 e. The molecule has 0 spiro atoms. The molecule has 130 valence electrons. The summed E-state index contributed by atoms with van der Waals surface area (Å²) in [5.74, 6) is 2.21. The van der Waals surface area contributed by atoms with Crippen LogP contribution < -0.4 is 0 Å². The molecular formula is C18H33ClO3. The third kappa shape index (κ3) is 5.36. The van der Waals surface area contributed by atoms with E-state index in [1.807, 2.05) is 0 Å². The van der Waals surface area contributed by atoms with Crippen LogP contribution in [0.1, 0.15) is 65.2 Å². The number of hydrogen-bond acceptors (Lipinski definition) is 3. The minimum absolute atomic E-state index is 0.0461. The zero-order chi connectivity index (χ0) is 16.2. The van der Waals surface area contributed by atoms with E-state index < -0.39 is 0 Å². The molecule has 3 nitrogen and oxygen atoms in total. The molecule has 2 aliphatic carbocycles. The summed E-state index contributed by atoms with van der Waals surface area (Å²) in [4.78, 5) is 0. The lowest BCUT2D eigenvalue weighted by Gasteiger charge is -2.46. The van der Waals surface area contributed by atoms with E-state index in [1.165, 1.54) is 25.7 Å². The van der Waals surface area contributed by atoms with Crippen molar-refractivity contribution in [2.45, 2.75) is 83.5 Å². The number of rotatable bonds is 3. The summed E-state index contributed by atoms with van der Waals surface area (Å²) < 4.78 is 4.73. The van der Waals surface area contributed by atoms with Crippen molar-refractivity contribution in [1.82, 2.24) is 0 Å². The number of halogens is 1. The van der Waals surface area contributed by atoms with Crippen LogP contribution in [-0.2, 0) is 4.74 Å². The van der Waals surface area contributed by atoms with Crippen molar-refractivity contribution in [2.75, 3.05) is 12.5 Å². The first-order valence-corrected chi connectivity index (χ1v) is 9.50. The standard InChI is InChI=1S/C15H28O2.C3H5ClO/c1-15(2,11-3-7-13(16)8-4-11)12-5-9-14(17)10-6-12;4-1-3-2-5-3/h11-14,16-17H,3-10H2,1-2H3;3H,1-2H2. The molecule has 2 N–H and O–H groups in total. The maximum absolute atomic E-state index is 9.60. The van der Waals surface area contributed by atoms with E-state index in [2.05, 4.69) is 13.8 Å². The molecule has 1 aliphatic heterocycles. The first kappa shape index (κ1) is 18.5. The third-order valence-electron chi connectivity index (χ3n) is 6.07. The Morgan fingerprint density at radius 1 is 0.864 bits per heavy atom. The van der Waals surface area contributed by atoms with Gasteiger partial charge in [-0.3, -0.25) is 0 Å². The van der Waals surface area contributed by atoms with E-state index in [4.69, 9.17) is 16.3 Å². The summed E-state index contributed by atoms with van der Waals surface area (Å²) >= 11 is 5.27. The SMILES string of the molecule is CC(C)(C1CCC(O)CC1)C1CCC(O)CC1.ClCC1CO1. The first-order chi connectivity index (χ1) is 10.4. The Kier molecular flexibility index (Phi) is 7.00. The van der Waals surface area contributed by atoms with Gasteiger partial charge in [-0.1, -0.05) is 13.8 Å². The lowest BCUT2D eigenvalue weighted by Crippen LogP contribution is -2.38. The number of epoxide rings is 1. The molecule has 22 heavy (non-hydrogen) atoms. The lowest BCUT2D eigenvalue weighted by atomic mass is 9.60. The minimum Gasteiger partial charge on any atom is -0.393 e. The highest BCUT2D eigenvalue weighted by atomic mass is 35.5. The number of alkyl halides is 1. The summed E-state index contributed by atoms with van der Waals surface area (Å²) in [6, 6.07) is 0. The van der Waals surface area contributed by atoms with Gasteiger partial charge in [0.05, 0.1) is 30.8 Å². The van der Waals surface area contributed by atoms with Gasteiger partial charge in [0.15, 0.2) is 0 Å². The summed E-state index contributed by atoms with van der Waals surface area (Å²) in [5, 5.41) is 19.2. The molecule has 1 saturated heterocycles. The van der Waals surface area contributed by atoms with Gasteiger partial charge in [0.25, 0.3) is 0 Å². The predicted molar refractivity (Wildman–Crippen MR) is 90.2 cm³/mol. The zero-order valence-corrected chi connectivity index (χ0v) is 14.9. The topological polar surface area (TPSA) is 53.0 Å². The van der Waals surface area contributed by atoms with Crippen molar-refractivity contribution < 1.29 is 14.9 Å². The summed E-state index contributed by atoms with van der Waals surface area (Å²) in [5.41, 5.74) is 0.389. The van der Waals surface area contributed by atoms with Gasteiger partial charge in [0.2, 0.25) is 0 Å². The fourth-order valence-corrected chi connectivity index (χ4v) is 4.31. The van der Waals surface area contributed by atoms with E-state index in [0.29, 0.717) is 17.4 Å². The summed E-state index contributed by atoms with van der Waals surface area (Å²) in [7, 11) is 0. The fraction of sp³-hybridized carbons (Fsp3) is 1.00. The quantitative estimate of drug-likeness (QED) is 0.611. The van der Waals surface area contributed by atoms with E-state index >= 15 is 0 Å². The molecule has 4 heteroatoms. The predicted octanol–water partition coefficient (Wildman–Crippen LogP) is 3.74. The molecule has 0 radical (unpaired) electrons. The van der Waals surface area contributed by atoms with Gasteiger partial charge in [-0.05, 0) is 68.6 Å². The second kappa shape index (κ2) is 8.32. The second-order valence-corrected chi connectivity index (χ2v) is 8.25. The Labute approximate surface area is 140 Å². The van der Waals surface area contributed by atoms with Gasteiger partial charge in [0.1, 0.15) is 0 Å². The van der Waals surface area contributed by atoms with Gasteiger partial charge >= 0.3 is 0 Å². The Hall–Kier alpha value is 0.170. The largest absolute Gasteiger partial charge is 0.393 e. The lowest BCUT2D eigenvalue weighted by molar-refractivity contribution is 0.00233. The maximum atomic E-state index is 9.60. The van der Waals surface area contributed by atoms with E-state index in [-0.39, 0.29) is 12.2 Å². The molecule has 3 fully saturated rings. The molecule has 1 heterocycles. The van der Waals surface area contributed by atoms with Crippen LogP contribution in [0, 0.1) is 17.3 Å². The molecule has 1 atom stereocenters. The Morgan fingerprint density at radius 3 is 1.45 bits per heavy atom. The summed E-state index contributed by atoms with van der Waals surface area (Å²) in [6.45, 7) is 5.71. The van der Waals surface area contributed by atoms with E-state index in [1.54, 1.807) is 0 Å². The van der Waals surface area contributed by atoms with Crippen LogP contribution in [0.2, 0.25) is 0 Å². The molecule has 0 bridgehead atoms. The monoisotopic (exact) mass is 332 g/mol. The number of hydrogen-bond donors (Lipinski definition) is 2. The van der Waals surface area contributed by atoms with Gasteiger partial charge in [-0.25, -0.2) is 0 Å². The van der Waals surface area contributed by atoms with Gasteiger partial charge in [-0.15, -0.1) is 11.6 Å². The molecule has 1 unspecified atom stereocenters. The fourth-order valence-electron chi connectivity index (χ4n) is 4.13. The molecule has 0 amide bonds. The van der Waals surface area contributed by atoms with Crippen LogP contribution in [-0.4, -0.2) is 41.0 Å². The van der Waals surface area contributed by atoms with Gasteiger partial charge in [0, 0.05) is 0 Å². The molecule has 0 aromatic heterocycles. The average molecular weight is 333 g/mol. The minimum atomic E-state index is -0.0461. The van der Waals surface area contributed by atoms with Crippen molar-refractivity contribution in [1.29, 1.82) is 0 Å². The van der Waals surface area contributed by atoms with Crippen LogP contribution in [0.4, 0.5) is 0 Å². The van der Waals surface area contributed by atoms with Crippen molar-refractivity contribution in [3.63, 3.8) is 0 Å². The van der Waals surface area contributed by atoms with Crippen molar-refractivity contribution in [2.24, 2.45) is 17.3 Å². The molecule has 3 rings (SSSR count). The average Bonchev–Trinajstić information content (AvgIpc) is 3.33. The van der Waals surface area contributed by atoms with Crippen LogP contribution in [0.25, 0.3) is 0 Å². The van der Waals surface area contributed by atoms with Crippen LogP contribution >= 0.6 is 11.6 Å². The van der Waals surface area contributed by atoms with Crippen molar-refractivity contribution in [3.8, 4) is 0 Å². The zero-order valence-electron chi connectivity index (χ0n) is 14.1. The molecule has 2 saturated carbocycles.